The summed E-state index contributed by atoms with van der Waals surface area (Å²) in [6, 6.07) is 19.6. The van der Waals surface area contributed by atoms with Crippen LogP contribution in [-0.2, 0) is 25.5 Å². The van der Waals surface area contributed by atoms with E-state index in [9.17, 15) is 4.79 Å². The van der Waals surface area contributed by atoms with Gasteiger partial charge in [-0.1, -0.05) is 70.0 Å². The van der Waals surface area contributed by atoms with Gasteiger partial charge in [-0.3, -0.25) is 9.78 Å². The van der Waals surface area contributed by atoms with Crippen LogP contribution in [0.5, 0.6) is 5.75 Å². The molecule has 6 rings (SSSR count). The van der Waals surface area contributed by atoms with Gasteiger partial charge in [0.1, 0.15) is 17.5 Å². The average Bonchev–Trinajstić information content (AvgIpc) is 3.38. The van der Waals surface area contributed by atoms with Crippen molar-refractivity contribution in [3.8, 4) is 5.75 Å². The van der Waals surface area contributed by atoms with Gasteiger partial charge in [-0.25, -0.2) is 0 Å². The Bertz CT molecular complexity index is 1200. The van der Waals surface area contributed by atoms with E-state index < -0.39 is 23.2 Å². The number of halogens is 2. The van der Waals surface area contributed by atoms with Crippen LogP contribution in [0.2, 0.25) is 5.02 Å². The highest BCUT2D eigenvalue weighted by Crippen LogP contribution is 2.78. The molecule has 31 heavy (non-hydrogen) atoms. The minimum atomic E-state index is -0.988. The Labute approximate surface area is 192 Å². The highest BCUT2D eigenvalue weighted by molar-refractivity contribution is 9.10. The maximum atomic E-state index is 13.0. The number of pyridine rings is 1. The molecule has 5 atom stereocenters. The molecule has 2 aliphatic heterocycles. The number of ether oxygens (including phenoxy) is 3. The van der Waals surface area contributed by atoms with Crippen molar-refractivity contribution in [3.05, 3.63) is 93.2 Å². The molecule has 0 amide bonds. The predicted octanol–water partition coefficient (Wildman–Crippen LogP) is 4.97. The molecule has 2 aromatic carbocycles. The van der Waals surface area contributed by atoms with E-state index in [1.54, 1.807) is 12.3 Å². The van der Waals surface area contributed by atoms with Crippen LogP contribution in [-0.4, -0.2) is 24.2 Å². The summed E-state index contributed by atoms with van der Waals surface area (Å²) in [4.78, 5) is 17.7. The van der Waals surface area contributed by atoms with Crippen LogP contribution in [0.3, 0.4) is 0 Å². The van der Waals surface area contributed by atoms with Crippen LogP contribution in [0.15, 0.2) is 71.3 Å². The lowest BCUT2D eigenvalue weighted by Crippen LogP contribution is -2.45. The van der Waals surface area contributed by atoms with Gasteiger partial charge < -0.3 is 14.2 Å². The molecule has 0 radical (unpaired) electrons. The van der Waals surface area contributed by atoms with Crippen LogP contribution in [0.4, 0.5) is 0 Å². The Morgan fingerprint density at radius 1 is 1.13 bits per heavy atom. The van der Waals surface area contributed by atoms with Crippen LogP contribution < -0.4 is 4.74 Å². The molecule has 7 heteroatoms. The number of carbonyl (C=O) groups is 1. The van der Waals surface area contributed by atoms with Crippen LogP contribution >= 0.6 is 27.5 Å². The number of hydrogen-bond acceptors (Lipinski definition) is 5. The van der Waals surface area contributed by atoms with Gasteiger partial charge in [0, 0.05) is 22.7 Å². The average molecular weight is 499 g/mol. The van der Waals surface area contributed by atoms with Crippen LogP contribution in [0, 0.1) is 5.92 Å². The first-order valence-electron chi connectivity index (χ1n) is 9.94. The number of esters is 1. The fraction of sp³-hybridized carbons (Fsp3) is 0.250. The lowest BCUT2D eigenvalue weighted by molar-refractivity contribution is -0.149. The number of rotatable bonds is 3. The van der Waals surface area contributed by atoms with E-state index >= 15 is 0 Å². The van der Waals surface area contributed by atoms with Gasteiger partial charge in [-0.05, 0) is 23.3 Å². The maximum absolute atomic E-state index is 13.0. The molecule has 1 saturated carbocycles. The van der Waals surface area contributed by atoms with Crippen molar-refractivity contribution in [3.63, 3.8) is 0 Å². The molecule has 0 unspecified atom stereocenters. The molecule has 3 aromatic rings. The van der Waals surface area contributed by atoms with E-state index in [1.807, 2.05) is 54.6 Å². The molecule has 3 aliphatic rings. The van der Waals surface area contributed by atoms with Gasteiger partial charge in [0.2, 0.25) is 0 Å². The van der Waals surface area contributed by atoms with Crippen molar-refractivity contribution >= 4 is 33.5 Å². The van der Waals surface area contributed by atoms with E-state index in [1.165, 1.54) is 7.11 Å². The highest BCUT2D eigenvalue weighted by Gasteiger charge is 2.88. The van der Waals surface area contributed by atoms with Crippen molar-refractivity contribution in [2.75, 3.05) is 7.11 Å². The fourth-order valence-electron chi connectivity index (χ4n) is 5.56. The summed E-state index contributed by atoms with van der Waals surface area (Å²) in [7, 11) is 1.41. The second kappa shape index (κ2) is 6.55. The number of aromatic nitrogens is 1. The van der Waals surface area contributed by atoms with Gasteiger partial charge in [-0.2, -0.15) is 0 Å². The van der Waals surface area contributed by atoms with Crippen molar-refractivity contribution in [2.45, 2.75) is 23.2 Å². The van der Waals surface area contributed by atoms with Crippen molar-refractivity contribution < 1.29 is 19.0 Å². The number of hydrogen-bond donors (Lipinski definition) is 0. The summed E-state index contributed by atoms with van der Waals surface area (Å²) < 4.78 is 19.3. The molecule has 1 saturated heterocycles. The molecule has 1 aliphatic carbocycles. The summed E-state index contributed by atoms with van der Waals surface area (Å²) in [5, 5.41) is 0.485. The minimum absolute atomic E-state index is 0.319. The summed E-state index contributed by atoms with van der Waals surface area (Å²) in [6.45, 7) is 0. The lowest BCUT2D eigenvalue weighted by Gasteiger charge is -2.39. The largest absolute Gasteiger partial charge is 0.476 e. The highest BCUT2D eigenvalue weighted by atomic mass is 79.9. The third-order valence-corrected chi connectivity index (χ3v) is 7.41. The fourth-order valence-corrected chi connectivity index (χ4v) is 5.97. The topological polar surface area (TPSA) is 61.0 Å². The summed E-state index contributed by atoms with van der Waals surface area (Å²) in [5.74, 6) is -0.612. The van der Waals surface area contributed by atoms with Crippen molar-refractivity contribution in [1.82, 2.24) is 4.98 Å². The Morgan fingerprint density at radius 2 is 1.87 bits per heavy atom. The first-order chi connectivity index (χ1) is 15.0. The van der Waals surface area contributed by atoms with Gasteiger partial charge in [0.05, 0.1) is 18.1 Å². The quantitative estimate of drug-likeness (QED) is 0.377. The third-order valence-electron chi connectivity index (χ3n) is 6.68. The summed E-state index contributed by atoms with van der Waals surface area (Å²) in [5.41, 5.74) is 0.693. The Hall–Kier alpha value is -2.41. The van der Waals surface area contributed by atoms with Gasteiger partial charge >= 0.3 is 5.97 Å². The van der Waals surface area contributed by atoms with Gasteiger partial charge in [0.25, 0.3) is 0 Å². The zero-order valence-electron chi connectivity index (χ0n) is 16.4. The maximum Gasteiger partial charge on any atom is 0.312 e. The SMILES string of the molecule is COC(=O)[C@@H]1[C@@H](c2ccccc2)[C@]2(c3ccc(Br)cc3)Oc3cc(Cl)cnc3[C@@]23O[C@@H]13. The number of methoxy groups -OCH3 is 1. The monoisotopic (exact) mass is 497 g/mol. The van der Waals surface area contributed by atoms with E-state index in [-0.39, 0.29) is 11.9 Å². The van der Waals surface area contributed by atoms with Gasteiger partial charge in [0.15, 0.2) is 11.2 Å². The number of epoxide rings is 1. The molecule has 3 heterocycles. The number of carbonyl (C=O) groups excluding carboxylic acids is 1. The van der Waals surface area contributed by atoms with Gasteiger partial charge in [-0.15, -0.1) is 0 Å². The molecule has 5 nitrogen and oxygen atoms in total. The first-order valence-corrected chi connectivity index (χ1v) is 11.1. The molecule has 0 N–H and O–H groups in total. The van der Waals surface area contributed by atoms with Crippen molar-refractivity contribution in [2.24, 2.45) is 5.92 Å². The Balaban J connectivity index is 1.66. The second-order valence-corrected chi connectivity index (χ2v) is 9.41. The molecule has 2 fully saturated rings. The Morgan fingerprint density at radius 3 is 2.58 bits per heavy atom. The van der Waals surface area contributed by atoms with E-state index in [0.717, 1.165) is 15.6 Å². The number of nitrogens with zero attached hydrogens (tertiary/aromatic N) is 1. The number of fused-ring (bicyclic) bond motifs is 1. The lowest BCUT2D eigenvalue weighted by atomic mass is 9.72. The van der Waals surface area contributed by atoms with Crippen molar-refractivity contribution in [1.29, 1.82) is 0 Å². The smallest absolute Gasteiger partial charge is 0.312 e. The number of benzene rings is 2. The molecular formula is C24H17BrClNO4. The molecule has 0 bridgehead atoms. The second-order valence-electron chi connectivity index (χ2n) is 8.06. The summed E-state index contributed by atoms with van der Waals surface area (Å²) >= 11 is 9.76. The minimum Gasteiger partial charge on any atom is -0.476 e. The Kier molecular flexibility index (Phi) is 4.07. The molecule has 1 aromatic heterocycles. The molecule has 156 valence electrons. The normalized spacial score (nSPS) is 31.9. The molecule has 1 spiro atoms. The standard InChI is InChI=1S/C24H17BrClNO4/c1-29-22(28)18-19(13-5-3-2-4-6-13)23(14-7-9-15(25)10-8-14)24(21(18)31-24)20-17(30-23)11-16(26)12-27-20/h2-12,18-19,21H,1H3/t18-,19-,21+,23+,24+/m1/s1. The van der Waals surface area contributed by atoms with E-state index in [0.29, 0.717) is 16.5 Å². The summed E-state index contributed by atoms with van der Waals surface area (Å²) in [6.07, 6.45) is 1.18. The zero-order chi connectivity index (χ0) is 21.4. The predicted molar refractivity (Wildman–Crippen MR) is 117 cm³/mol. The molecular weight excluding hydrogens is 482 g/mol. The zero-order valence-corrected chi connectivity index (χ0v) is 18.8. The van der Waals surface area contributed by atoms with E-state index in [4.69, 9.17) is 25.8 Å². The van der Waals surface area contributed by atoms with E-state index in [2.05, 4.69) is 20.9 Å². The third kappa shape index (κ3) is 2.35. The van der Waals surface area contributed by atoms with Crippen LogP contribution in [0.1, 0.15) is 22.7 Å². The first kappa shape index (κ1) is 19.3. The van der Waals surface area contributed by atoms with Crippen LogP contribution in [0.25, 0.3) is 0 Å².